The van der Waals surface area contributed by atoms with E-state index in [9.17, 15) is 5.11 Å². The van der Waals surface area contributed by atoms with Gasteiger partial charge < -0.3 is 15.3 Å². The summed E-state index contributed by atoms with van der Waals surface area (Å²) in [6, 6.07) is 16.6. The summed E-state index contributed by atoms with van der Waals surface area (Å²) in [6.45, 7) is 3.64. The lowest BCUT2D eigenvalue weighted by Gasteiger charge is -2.40. The summed E-state index contributed by atoms with van der Waals surface area (Å²) < 4.78 is 2.20. The lowest BCUT2D eigenvalue weighted by atomic mass is 9.83. The first-order chi connectivity index (χ1) is 13.5. The van der Waals surface area contributed by atoms with Gasteiger partial charge in [-0.2, -0.15) is 0 Å². The van der Waals surface area contributed by atoms with E-state index in [1.807, 2.05) is 30.3 Å². The third-order valence-corrected chi connectivity index (χ3v) is 6.71. The van der Waals surface area contributed by atoms with Crippen molar-refractivity contribution in [2.75, 3.05) is 23.3 Å². The lowest BCUT2D eigenvalue weighted by Crippen LogP contribution is -2.47. The number of para-hydroxylation sites is 1. The predicted molar refractivity (Wildman–Crippen MR) is 125 cm³/mol. The van der Waals surface area contributed by atoms with E-state index in [4.69, 9.17) is 0 Å². The second-order valence-corrected chi connectivity index (χ2v) is 9.46. The van der Waals surface area contributed by atoms with Crippen molar-refractivity contribution in [1.82, 2.24) is 0 Å². The molecule has 2 N–H and O–H groups in total. The standard InChI is InChI=1S/C23H24Br2N2O/c1-23-11-9-17(25)14-21(23)20-13-16(24)7-8-22(20)27(23)15-19(28)10-12-26-18-5-3-2-4-6-18/h2-9,13-14,19,26,28H,10-12,15H2,1H3. The molecule has 0 aromatic heterocycles. The van der Waals surface area contributed by atoms with Crippen LogP contribution in [0.3, 0.4) is 0 Å². The summed E-state index contributed by atoms with van der Waals surface area (Å²) in [5.41, 5.74) is 4.71. The Hall–Kier alpha value is -1.56. The number of rotatable bonds is 6. The Kier molecular flexibility index (Phi) is 5.68. The van der Waals surface area contributed by atoms with E-state index >= 15 is 0 Å². The van der Waals surface area contributed by atoms with E-state index in [1.54, 1.807) is 0 Å². The van der Waals surface area contributed by atoms with Crippen molar-refractivity contribution in [3.05, 3.63) is 75.2 Å². The van der Waals surface area contributed by atoms with Crippen LogP contribution in [0.1, 0.15) is 25.3 Å². The number of fused-ring (bicyclic) bond motifs is 3. The summed E-state index contributed by atoms with van der Waals surface area (Å²) in [5.74, 6) is 0. The van der Waals surface area contributed by atoms with Crippen LogP contribution in [0.5, 0.6) is 0 Å². The SMILES string of the molecule is CC12CC=C(Br)C=C1c1cc(Br)ccc1N2CC(O)CCNc1ccccc1. The number of anilines is 2. The van der Waals surface area contributed by atoms with Crippen molar-refractivity contribution >= 4 is 48.8 Å². The Morgan fingerprint density at radius 2 is 1.96 bits per heavy atom. The minimum atomic E-state index is -0.404. The van der Waals surface area contributed by atoms with Gasteiger partial charge in [0.25, 0.3) is 0 Å². The zero-order valence-electron chi connectivity index (χ0n) is 15.8. The van der Waals surface area contributed by atoms with Gasteiger partial charge >= 0.3 is 0 Å². The smallest absolute Gasteiger partial charge is 0.0732 e. The molecule has 2 aliphatic rings. The minimum absolute atomic E-state index is 0.131. The number of nitrogens with one attached hydrogen (secondary N) is 1. The third-order valence-electron chi connectivity index (χ3n) is 5.67. The van der Waals surface area contributed by atoms with Crippen molar-refractivity contribution < 1.29 is 5.11 Å². The Balaban J connectivity index is 1.50. The Morgan fingerprint density at radius 3 is 2.75 bits per heavy atom. The highest BCUT2D eigenvalue weighted by atomic mass is 79.9. The zero-order chi connectivity index (χ0) is 19.7. The maximum absolute atomic E-state index is 10.8. The molecule has 2 aromatic rings. The number of halogens is 2. The van der Waals surface area contributed by atoms with Gasteiger partial charge in [0.15, 0.2) is 0 Å². The summed E-state index contributed by atoms with van der Waals surface area (Å²) >= 11 is 7.25. The van der Waals surface area contributed by atoms with Gasteiger partial charge in [-0.25, -0.2) is 0 Å². The molecule has 1 aliphatic heterocycles. The van der Waals surface area contributed by atoms with Crippen LogP contribution in [0.4, 0.5) is 11.4 Å². The number of β-amino-alcohol motifs (C(OH)–C–C–N with tert-alkyl or cyclic N) is 1. The molecule has 3 nitrogen and oxygen atoms in total. The highest BCUT2D eigenvalue weighted by molar-refractivity contribution is 9.12. The molecule has 28 heavy (non-hydrogen) atoms. The fourth-order valence-electron chi connectivity index (χ4n) is 4.15. The van der Waals surface area contributed by atoms with E-state index in [2.05, 4.69) is 79.4 Å². The first kappa shape index (κ1) is 19.7. The van der Waals surface area contributed by atoms with Gasteiger partial charge in [0.2, 0.25) is 0 Å². The van der Waals surface area contributed by atoms with Crippen LogP contribution in [0.15, 0.2) is 69.6 Å². The lowest BCUT2D eigenvalue weighted by molar-refractivity contribution is 0.169. The quantitative estimate of drug-likeness (QED) is 0.510. The summed E-state index contributed by atoms with van der Waals surface area (Å²) in [7, 11) is 0. The number of nitrogens with zero attached hydrogens (tertiary/aromatic N) is 1. The van der Waals surface area contributed by atoms with Gasteiger partial charge in [-0.3, -0.25) is 0 Å². The van der Waals surface area contributed by atoms with E-state index in [0.29, 0.717) is 13.0 Å². The highest BCUT2D eigenvalue weighted by Gasteiger charge is 2.45. The molecule has 0 saturated heterocycles. The summed E-state index contributed by atoms with van der Waals surface area (Å²) in [5, 5.41) is 14.2. The molecule has 0 fully saturated rings. The minimum Gasteiger partial charge on any atom is -0.391 e. The number of benzene rings is 2. The monoisotopic (exact) mass is 502 g/mol. The van der Waals surface area contributed by atoms with E-state index < -0.39 is 6.10 Å². The van der Waals surface area contributed by atoms with E-state index in [-0.39, 0.29) is 5.54 Å². The Morgan fingerprint density at radius 1 is 1.18 bits per heavy atom. The van der Waals surface area contributed by atoms with Crippen molar-refractivity contribution in [2.45, 2.75) is 31.4 Å². The number of aliphatic hydroxyl groups is 1. The molecule has 2 unspecified atom stereocenters. The van der Waals surface area contributed by atoms with Gasteiger partial charge in [0, 0.05) is 39.0 Å². The van der Waals surface area contributed by atoms with Crippen molar-refractivity contribution in [3.63, 3.8) is 0 Å². The molecule has 0 amide bonds. The van der Waals surface area contributed by atoms with Crippen molar-refractivity contribution in [3.8, 4) is 0 Å². The predicted octanol–water partition coefficient (Wildman–Crippen LogP) is 5.96. The van der Waals surface area contributed by atoms with Gasteiger partial charge in [-0.1, -0.05) is 56.1 Å². The molecule has 1 heterocycles. The van der Waals surface area contributed by atoms with Gasteiger partial charge in [-0.15, -0.1) is 0 Å². The number of hydrogen-bond donors (Lipinski definition) is 2. The molecule has 2 aromatic carbocycles. The average Bonchev–Trinajstić information content (AvgIpc) is 2.91. The van der Waals surface area contributed by atoms with Crippen LogP contribution < -0.4 is 10.2 Å². The maximum atomic E-state index is 10.8. The first-order valence-electron chi connectivity index (χ1n) is 9.60. The second-order valence-electron chi connectivity index (χ2n) is 7.63. The molecular weight excluding hydrogens is 480 g/mol. The number of hydrogen-bond acceptors (Lipinski definition) is 3. The molecule has 2 atom stereocenters. The third kappa shape index (κ3) is 3.80. The fraction of sp³-hybridized carbons (Fsp3) is 0.304. The van der Waals surface area contributed by atoms with Crippen LogP contribution in [0.25, 0.3) is 5.57 Å². The molecule has 4 rings (SSSR count). The first-order valence-corrected chi connectivity index (χ1v) is 11.2. The molecule has 5 heteroatoms. The topological polar surface area (TPSA) is 35.5 Å². The molecule has 0 bridgehead atoms. The van der Waals surface area contributed by atoms with Gasteiger partial charge in [-0.05, 0) is 61.7 Å². The molecule has 1 aliphatic carbocycles. The Labute approximate surface area is 183 Å². The average molecular weight is 504 g/mol. The van der Waals surface area contributed by atoms with Gasteiger partial charge in [0.1, 0.15) is 0 Å². The maximum Gasteiger partial charge on any atom is 0.0732 e. The molecule has 0 saturated carbocycles. The van der Waals surface area contributed by atoms with Crippen LogP contribution in [0.2, 0.25) is 0 Å². The largest absolute Gasteiger partial charge is 0.391 e. The van der Waals surface area contributed by atoms with E-state index in [1.165, 1.54) is 16.8 Å². The molecular formula is C23H24Br2N2O. The van der Waals surface area contributed by atoms with E-state index in [0.717, 1.165) is 27.6 Å². The number of allylic oxidation sites excluding steroid dienone is 2. The molecule has 0 radical (unpaired) electrons. The summed E-state index contributed by atoms with van der Waals surface area (Å²) in [6.07, 6.45) is 5.66. The molecule has 0 spiro atoms. The fourth-order valence-corrected chi connectivity index (χ4v) is 4.90. The van der Waals surface area contributed by atoms with Crippen LogP contribution in [-0.2, 0) is 0 Å². The molecule has 146 valence electrons. The van der Waals surface area contributed by atoms with Crippen LogP contribution in [0, 0.1) is 0 Å². The second kappa shape index (κ2) is 8.05. The van der Waals surface area contributed by atoms with Crippen LogP contribution >= 0.6 is 31.9 Å². The zero-order valence-corrected chi connectivity index (χ0v) is 19.0. The van der Waals surface area contributed by atoms with Crippen molar-refractivity contribution in [2.24, 2.45) is 0 Å². The highest BCUT2D eigenvalue weighted by Crippen LogP contribution is 2.52. The normalized spacial score (nSPS) is 21.5. The van der Waals surface area contributed by atoms with Gasteiger partial charge in [0.05, 0.1) is 11.6 Å². The van der Waals surface area contributed by atoms with Crippen LogP contribution in [-0.4, -0.2) is 29.8 Å². The van der Waals surface area contributed by atoms with Crippen molar-refractivity contribution in [1.29, 1.82) is 0 Å². The Bertz CT molecular complexity index is 925. The number of aliphatic hydroxyl groups excluding tert-OH is 1. The summed E-state index contributed by atoms with van der Waals surface area (Å²) in [4.78, 5) is 2.38.